The lowest BCUT2D eigenvalue weighted by atomic mass is 10.2. The zero-order valence-corrected chi connectivity index (χ0v) is 29.8. The molecular weight excluding hydrogens is 650 g/mol. The Morgan fingerprint density at radius 3 is 1.43 bits per heavy atom. The van der Waals surface area contributed by atoms with Crippen molar-refractivity contribution in [2.75, 3.05) is 82.8 Å². The first-order valence-corrected chi connectivity index (χ1v) is 14.5. The van der Waals surface area contributed by atoms with E-state index in [0.29, 0.717) is 13.2 Å². The lowest BCUT2D eigenvalue weighted by Gasteiger charge is -2.04. The third kappa shape index (κ3) is 34.7. The molecule has 0 amide bonds. The van der Waals surface area contributed by atoms with Crippen LogP contribution in [0, 0.1) is 0 Å². The number of ether oxygens (including phenoxy) is 10. The van der Waals surface area contributed by atoms with Crippen LogP contribution >= 0.6 is 0 Å². The predicted octanol–water partition coefficient (Wildman–Crippen LogP) is 2.34. The van der Waals surface area contributed by atoms with Crippen molar-refractivity contribution in [1.29, 1.82) is 0 Å². The fourth-order valence-electron chi connectivity index (χ4n) is 2.45. The van der Waals surface area contributed by atoms with Crippen molar-refractivity contribution in [2.45, 2.75) is 33.2 Å². The van der Waals surface area contributed by atoms with Crippen LogP contribution in [0.1, 0.15) is 25.1 Å². The summed E-state index contributed by atoms with van der Waals surface area (Å²) in [6.45, 7) is 4.39. The second kappa shape index (κ2) is 36.4. The van der Waals surface area contributed by atoms with Gasteiger partial charge in [0.25, 0.3) is 0 Å². The molecule has 49 heavy (non-hydrogen) atoms. The maximum absolute atomic E-state index is 10.9. The predicted molar refractivity (Wildman–Crippen MR) is 175 cm³/mol. The summed E-state index contributed by atoms with van der Waals surface area (Å²) in [5.74, 6) is -1.72. The summed E-state index contributed by atoms with van der Waals surface area (Å²) in [5, 5.41) is 0. The van der Waals surface area contributed by atoms with Gasteiger partial charge in [0, 0.05) is 41.7 Å². The van der Waals surface area contributed by atoms with Crippen molar-refractivity contribution in [3.8, 4) is 0 Å². The van der Waals surface area contributed by atoms with E-state index in [0.717, 1.165) is 11.3 Å². The van der Waals surface area contributed by atoms with E-state index in [1.165, 1.54) is 49.8 Å². The molecule has 0 spiro atoms. The maximum Gasteiger partial charge on any atom is 0.334 e. The van der Waals surface area contributed by atoms with E-state index in [1.807, 2.05) is 36.4 Å². The van der Waals surface area contributed by atoms with Gasteiger partial charge in [-0.1, -0.05) is 36.4 Å². The minimum Gasteiger partial charge on any atom is -0.467 e. The van der Waals surface area contributed by atoms with Crippen LogP contribution in [0.4, 0.5) is 0 Å². The largest absolute Gasteiger partial charge is 0.467 e. The van der Waals surface area contributed by atoms with Crippen LogP contribution in [-0.4, -0.2) is 124 Å². The number of esters is 5. The Balaban J connectivity index is -0.000000555. The number of pyridine rings is 1. The van der Waals surface area contributed by atoms with Gasteiger partial charge in [-0.15, -0.1) is 0 Å². The SMILES string of the molecule is CCOC(=O)COC.COC(=O)C(C)OC.COCC(=O)OC.COCC(=O)OCc1ccccc1.COCC(=O)OCc1ccccn1. The summed E-state index contributed by atoms with van der Waals surface area (Å²) >= 11 is 0. The second-order valence-corrected chi connectivity index (χ2v) is 8.64. The van der Waals surface area contributed by atoms with E-state index < -0.39 is 6.10 Å². The lowest BCUT2D eigenvalue weighted by molar-refractivity contribution is -0.151. The molecule has 278 valence electrons. The van der Waals surface area contributed by atoms with Gasteiger partial charge in [0.2, 0.25) is 0 Å². The molecule has 0 saturated carbocycles. The Hall–Kier alpha value is -4.48. The minimum atomic E-state index is -0.444. The minimum absolute atomic E-state index is 0.00678. The van der Waals surface area contributed by atoms with Crippen molar-refractivity contribution in [3.63, 3.8) is 0 Å². The topological polar surface area (TPSA) is 191 Å². The quantitative estimate of drug-likeness (QED) is 0.194. The number of rotatable bonds is 15. The number of hydrogen-bond acceptors (Lipinski definition) is 16. The van der Waals surface area contributed by atoms with Gasteiger partial charge >= 0.3 is 29.8 Å². The average Bonchev–Trinajstić information content (AvgIpc) is 3.11. The zero-order chi connectivity index (χ0) is 37.7. The van der Waals surface area contributed by atoms with Crippen LogP contribution < -0.4 is 0 Å². The highest BCUT2D eigenvalue weighted by Crippen LogP contribution is 2.00. The van der Waals surface area contributed by atoms with Crippen molar-refractivity contribution >= 4 is 29.8 Å². The fraction of sp³-hybridized carbons (Fsp3) is 0.515. The van der Waals surface area contributed by atoms with E-state index >= 15 is 0 Å². The average molecular weight is 702 g/mol. The van der Waals surface area contributed by atoms with E-state index in [1.54, 1.807) is 32.2 Å². The Morgan fingerprint density at radius 2 is 1.06 bits per heavy atom. The highest BCUT2D eigenvalue weighted by Gasteiger charge is 2.09. The van der Waals surface area contributed by atoms with Crippen molar-refractivity contribution in [2.24, 2.45) is 0 Å². The molecule has 0 aliphatic rings. The normalized spacial score (nSPS) is 9.82. The van der Waals surface area contributed by atoms with Crippen LogP contribution in [0.25, 0.3) is 0 Å². The van der Waals surface area contributed by atoms with Gasteiger partial charge in [0.1, 0.15) is 39.6 Å². The highest BCUT2D eigenvalue weighted by atomic mass is 16.6. The molecule has 0 saturated heterocycles. The second-order valence-electron chi connectivity index (χ2n) is 8.64. The Labute approximate surface area is 288 Å². The Morgan fingerprint density at radius 1 is 0.592 bits per heavy atom. The fourth-order valence-corrected chi connectivity index (χ4v) is 2.45. The third-order valence-electron chi connectivity index (χ3n) is 4.82. The first-order chi connectivity index (χ1) is 23.5. The molecule has 1 aromatic carbocycles. The lowest BCUT2D eigenvalue weighted by Crippen LogP contribution is -2.19. The molecule has 0 aliphatic heterocycles. The van der Waals surface area contributed by atoms with Crippen LogP contribution in [-0.2, 0) is 84.6 Å². The highest BCUT2D eigenvalue weighted by molar-refractivity contribution is 5.74. The summed E-state index contributed by atoms with van der Waals surface area (Å²) in [7, 11) is 9.92. The van der Waals surface area contributed by atoms with E-state index in [9.17, 15) is 24.0 Å². The zero-order valence-electron chi connectivity index (χ0n) is 29.8. The molecule has 0 N–H and O–H groups in total. The number of hydrogen-bond donors (Lipinski definition) is 0. The van der Waals surface area contributed by atoms with E-state index in [-0.39, 0.29) is 62.9 Å². The molecule has 1 aromatic heterocycles. The summed E-state index contributed by atoms with van der Waals surface area (Å²) in [6, 6.07) is 15.0. The molecule has 1 heterocycles. The smallest absolute Gasteiger partial charge is 0.334 e. The standard InChI is InChI=1S/C10H12O3.C9H11NO3.2C5H10O3.C4H8O3/c1-12-8-10(11)13-7-9-5-3-2-4-6-9;1-12-7-9(11)13-6-8-4-2-3-5-10-8;1-4(7-2)5(6)8-3;1-3-8-5(6)4-7-2;1-6-3-4(5)7-2/h2-6H,7-8H2,1H3;2-5H,6-7H2,1H3;4H,1-3H3;3-4H2,1-2H3;3H2,1-2H3. The van der Waals surface area contributed by atoms with Crippen molar-refractivity contribution < 1.29 is 71.3 Å². The van der Waals surface area contributed by atoms with Gasteiger partial charge < -0.3 is 47.4 Å². The maximum atomic E-state index is 10.9. The molecule has 1 atom stereocenters. The third-order valence-corrected chi connectivity index (χ3v) is 4.82. The molecule has 1 unspecified atom stereocenters. The summed E-state index contributed by atoms with van der Waals surface area (Å²) < 4.78 is 45.6. The Bertz CT molecular complexity index is 1040. The number of benzene rings is 1. The van der Waals surface area contributed by atoms with Gasteiger partial charge in [-0.2, -0.15) is 0 Å². The summed E-state index contributed by atoms with van der Waals surface area (Å²) in [4.78, 5) is 56.5. The molecule has 0 fully saturated rings. The van der Waals surface area contributed by atoms with Gasteiger partial charge in [-0.3, -0.25) is 4.98 Å². The first kappa shape index (κ1) is 48.9. The molecule has 0 aliphatic carbocycles. The van der Waals surface area contributed by atoms with Gasteiger partial charge in [-0.25, -0.2) is 24.0 Å². The number of carbonyl (C=O) groups is 5. The van der Waals surface area contributed by atoms with Crippen molar-refractivity contribution in [3.05, 3.63) is 66.0 Å². The molecular formula is C33H51NO15. The van der Waals surface area contributed by atoms with Gasteiger partial charge in [0.05, 0.1) is 26.5 Å². The number of nitrogens with zero attached hydrogens (tertiary/aromatic N) is 1. The number of aromatic nitrogens is 1. The number of carbonyl (C=O) groups excluding carboxylic acids is 5. The van der Waals surface area contributed by atoms with Gasteiger partial charge in [0.15, 0.2) is 6.10 Å². The molecule has 16 nitrogen and oxygen atoms in total. The Kier molecular flexibility index (Phi) is 36.3. The van der Waals surface area contributed by atoms with Crippen LogP contribution in [0.5, 0.6) is 0 Å². The molecule has 0 bridgehead atoms. The van der Waals surface area contributed by atoms with Crippen LogP contribution in [0.15, 0.2) is 54.7 Å². The molecule has 16 heteroatoms. The summed E-state index contributed by atoms with van der Waals surface area (Å²) in [6.07, 6.45) is 1.21. The molecule has 2 aromatic rings. The van der Waals surface area contributed by atoms with Crippen molar-refractivity contribution in [1.82, 2.24) is 4.98 Å². The van der Waals surface area contributed by atoms with E-state index in [4.69, 9.17) is 9.47 Å². The van der Waals surface area contributed by atoms with E-state index in [2.05, 4.69) is 42.9 Å². The first-order valence-electron chi connectivity index (χ1n) is 14.5. The molecule has 0 radical (unpaired) electrons. The number of methoxy groups -OCH3 is 7. The summed E-state index contributed by atoms with van der Waals surface area (Å²) in [5.41, 5.74) is 1.71. The van der Waals surface area contributed by atoms with Crippen LogP contribution in [0.3, 0.4) is 0 Å². The van der Waals surface area contributed by atoms with Crippen LogP contribution in [0.2, 0.25) is 0 Å². The molecule has 2 rings (SSSR count). The van der Waals surface area contributed by atoms with Gasteiger partial charge in [-0.05, 0) is 31.5 Å². The monoisotopic (exact) mass is 701 g/mol.